The number of anilines is 2. The Kier molecular flexibility index (Phi) is 5.67. The SMILES string of the molecule is CN1CCN(C(=O)c2cc(Nc3ccccc3Oc3ccccc3)ncn2)CC1. The molecule has 1 amide bonds. The van der Waals surface area contributed by atoms with Crippen molar-refractivity contribution in [3.8, 4) is 11.5 Å². The van der Waals surface area contributed by atoms with Crippen LogP contribution in [0.2, 0.25) is 0 Å². The van der Waals surface area contributed by atoms with Gasteiger partial charge in [0.05, 0.1) is 5.69 Å². The molecular weight excluding hydrogens is 366 g/mol. The van der Waals surface area contributed by atoms with E-state index in [9.17, 15) is 4.79 Å². The highest BCUT2D eigenvalue weighted by Gasteiger charge is 2.21. The van der Waals surface area contributed by atoms with E-state index in [1.165, 1.54) is 6.33 Å². The Balaban J connectivity index is 1.51. The number of aromatic nitrogens is 2. The Morgan fingerprint density at radius 1 is 0.966 bits per heavy atom. The van der Waals surface area contributed by atoms with Crippen LogP contribution in [0.25, 0.3) is 0 Å². The molecule has 3 aromatic rings. The Hall–Kier alpha value is -3.45. The lowest BCUT2D eigenvalue weighted by Gasteiger charge is -2.32. The van der Waals surface area contributed by atoms with Crippen LogP contribution in [0.5, 0.6) is 11.5 Å². The molecule has 0 saturated carbocycles. The standard InChI is InChI=1S/C22H23N5O2/c1-26-11-13-27(14-12-26)22(28)19-15-21(24-16-23-19)25-18-9-5-6-10-20(18)29-17-7-3-2-4-8-17/h2-10,15-16H,11-14H2,1H3,(H,23,24,25). The van der Waals surface area contributed by atoms with Gasteiger partial charge in [0.25, 0.3) is 5.91 Å². The molecule has 0 unspecified atom stereocenters. The summed E-state index contributed by atoms with van der Waals surface area (Å²) in [7, 11) is 2.06. The number of hydrogen-bond donors (Lipinski definition) is 1. The van der Waals surface area contributed by atoms with Crippen LogP contribution in [-0.4, -0.2) is 58.9 Å². The first-order chi connectivity index (χ1) is 14.2. The van der Waals surface area contributed by atoms with Crippen LogP contribution in [0.15, 0.2) is 67.0 Å². The van der Waals surface area contributed by atoms with Crippen molar-refractivity contribution in [1.29, 1.82) is 0 Å². The Bertz CT molecular complexity index is 972. The summed E-state index contributed by atoms with van der Waals surface area (Å²) in [5, 5.41) is 3.24. The molecule has 4 rings (SSSR count). The maximum atomic E-state index is 12.8. The van der Waals surface area contributed by atoms with Crippen molar-refractivity contribution in [2.75, 3.05) is 38.5 Å². The number of carbonyl (C=O) groups excluding carboxylic acids is 1. The number of nitrogens with zero attached hydrogens (tertiary/aromatic N) is 4. The van der Waals surface area contributed by atoms with E-state index in [1.807, 2.05) is 59.5 Å². The van der Waals surface area contributed by atoms with Crippen molar-refractivity contribution in [3.05, 3.63) is 72.7 Å². The van der Waals surface area contributed by atoms with E-state index in [2.05, 4.69) is 27.2 Å². The Morgan fingerprint density at radius 3 is 2.48 bits per heavy atom. The van der Waals surface area contributed by atoms with Crippen molar-refractivity contribution >= 4 is 17.4 Å². The van der Waals surface area contributed by atoms with Crippen molar-refractivity contribution < 1.29 is 9.53 Å². The number of likely N-dealkylation sites (N-methyl/N-ethyl adjacent to an activating group) is 1. The summed E-state index contributed by atoms with van der Waals surface area (Å²) in [6, 6.07) is 18.9. The highest BCUT2D eigenvalue weighted by Crippen LogP contribution is 2.31. The number of amides is 1. The molecule has 2 aromatic carbocycles. The summed E-state index contributed by atoms with van der Waals surface area (Å²) in [4.78, 5) is 25.3. The number of para-hydroxylation sites is 3. The second kappa shape index (κ2) is 8.70. The molecule has 1 aliphatic heterocycles. The van der Waals surface area contributed by atoms with Gasteiger partial charge < -0.3 is 19.9 Å². The summed E-state index contributed by atoms with van der Waals surface area (Å²) < 4.78 is 5.98. The van der Waals surface area contributed by atoms with E-state index in [4.69, 9.17) is 4.74 Å². The first kappa shape index (κ1) is 18.9. The van der Waals surface area contributed by atoms with Crippen LogP contribution < -0.4 is 10.1 Å². The molecule has 0 radical (unpaired) electrons. The van der Waals surface area contributed by atoms with E-state index < -0.39 is 0 Å². The number of benzene rings is 2. The van der Waals surface area contributed by atoms with Gasteiger partial charge in [-0.3, -0.25) is 4.79 Å². The number of piperazine rings is 1. The number of hydrogen-bond acceptors (Lipinski definition) is 6. The number of ether oxygens (including phenoxy) is 1. The van der Waals surface area contributed by atoms with Gasteiger partial charge in [0.1, 0.15) is 23.6 Å². The molecule has 0 aliphatic carbocycles. The molecule has 29 heavy (non-hydrogen) atoms. The lowest BCUT2D eigenvalue weighted by molar-refractivity contribution is 0.0658. The van der Waals surface area contributed by atoms with Gasteiger partial charge >= 0.3 is 0 Å². The van der Waals surface area contributed by atoms with Crippen molar-refractivity contribution in [2.24, 2.45) is 0 Å². The second-order valence-corrected chi connectivity index (χ2v) is 6.92. The summed E-state index contributed by atoms with van der Waals surface area (Å²) in [6.45, 7) is 3.14. The maximum Gasteiger partial charge on any atom is 0.272 e. The molecule has 1 aromatic heterocycles. The zero-order chi connectivity index (χ0) is 20.1. The molecule has 148 valence electrons. The third kappa shape index (κ3) is 4.70. The van der Waals surface area contributed by atoms with Crippen molar-refractivity contribution in [1.82, 2.24) is 19.8 Å². The molecule has 1 aliphatic rings. The highest BCUT2D eigenvalue weighted by molar-refractivity contribution is 5.93. The monoisotopic (exact) mass is 389 g/mol. The van der Waals surface area contributed by atoms with Gasteiger partial charge in [-0.25, -0.2) is 9.97 Å². The zero-order valence-corrected chi connectivity index (χ0v) is 16.3. The van der Waals surface area contributed by atoms with E-state index in [-0.39, 0.29) is 5.91 Å². The summed E-state index contributed by atoms with van der Waals surface area (Å²) in [6.07, 6.45) is 1.41. The third-order valence-electron chi connectivity index (χ3n) is 4.80. The van der Waals surface area contributed by atoms with Crippen LogP contribution in [-0.2, 0) is 0 Å². The highest BCUT2D eigenvalue weighted by atomic mass is 16.5. The van der Waals surface area contributed by atoms with Gasteiger partial charge in [-0.2, -0.15) is 0 Å². The van der Waals surface area contributed by atoms with E-state index >= 15 is 0 Å². The minimum absolute atomic E-state index is 0.0719. The predicted molar refractivity (Wildman–Crippen MR) is 112 cm³/mol. The fraction of sp³-hybridized carbons (Fsp3) is 0.227. The molecule has 1 N–H and O–H groups in total. The lowest BCUT2D eigenvalue weighted by Crippen LogP contribution is -2.47. The average Bonchev–Trinajstić information content (AvgIpc) is 2.76. The molecule has 0 spiro atoms. The van der Waals surface area contributed by atoms with E-state index in [0.717, 1.165) is 24.5 Å². The van der Waals surface area contributed by atoms with Crippen LogP contribution in [0.4, 0.5) is 11.5 Å². The normalized spacial score (nSPS) is 14.4. The summed E-state index contributed by atoms with van der Waals surface area (Å²) >= 11 is 0. The smallest absolute Gasteiger partial charge is 0.272 e. The minimum Gasteiger partial charge on any atom is -0.455 e. The van der Waals surface area contributed by atoms with E-state index in [1.54, 1.807) is 6.07 Å². The lowest BCUT2D eigenvalue weighted by atomic mass is 10.2. The number of nitrogens with one attached hydrogen (secondary N) is 1. The van der Waals surface area contributed by atoms with Crippen LogP contribution in [0.3, 0.4) is 0 Å². The number of rotatable bonds is 5. The van der Waals surface area contributed by atoms with Gasteiger partial charge in [0.2, 0.25) is 0 Å². The molecule has 1 fully saturated rings. The summed E-state index contributed by atoms with van der Waals surface area (Å²) in [5.41, 5.74) is 1.14. The molecule has 0 bridgehead atoms. The van der Waals surface area contributed by atoms with Crippen LogP contribution in [0.1, 0.15) is 10.5 Å². The fourth-order valence-electron chi connectivity index (χ4n) is 3.13. The predicted octanol–water partition coefficient (Wildman–Crippen LogP) is 3.40. The molecule has 2 heterocycles. The van der Waals surface area contributed by atoms with Gasteiger partial charge in [-0.15, -0.1) is 0 Å². The Morgan fingerprint density at radius 2 is 1.69 bits per heavy atom. The average molecular weight is 389 g/mol. The second-order valence-electron chi connectivity index (χ2n) is 6.92. The molecule has 7 nitrogen and oxygen atoms in total. The third-order valence-corrected chi connectivity index (χ3v) is 4.80. The minimum atomic E-state index is -0.0719. The largest absolute Gasteiger partial charge is 0.455 e. The topological polar surface area (TPSA) is 70.6 Å². The number of carbonyl (C=O) groups is 1. The fourth-order valence-corrected chi connectivity index (χ4v) is 3.13. The van der Waals surface area contributed by atoms with Gasteiger partial charge in [-0.1, -0.05) is 30.3 Å². The quantitative estimate of drug-likeness (QED) is 0.721. The molecule has 1 saturated heterocycles. The maximum absolute atomic E-state index is 12.8. The molecule has 7 heteroatoms. The van der Waals surface area contributed by atoms with Gasteiger partial charge in [0, 0.05) is 32.2 Å². The van der Waals surface area contributed by atoms with Crippen LogP contribution in [0, 0.1) is 0 Å². The van der Waals surface area contributed by atoms with E-state index in [0.29, 0.717) is 30.4 Å². The first-order valence-electron chi connectivity index (χ1n) is 9.58. The van der Waals surface area contributed by atoms with Crippen molar-refractivity contribution in [3.63, 3.8) is 0 Å². The molecule has 0 atom stereocenters. The zero-order valence-electron chi connectivity index (χ0n) is 16.3. The first-order valence-corrected chi connectivity index (χ1v) is 9.58. The van der Waals surface area contributed by atoms with Gasteiger partial charge in [-0.05, 0) is 31.3 Å². The van der Waals surface area contributed by atoms with Crippen molar-refractivity contribution in [2.45, 2.75) is 0 Å². The molecular formula is C22H23N5O2. The van der Waals surface area contributed by atoms with Gasteiger partial charge in [0.15, 0.2) is 5.75 Å². The van der Waals surface area contributed by atoms with Crippen LogP contribution >= 0.6 is 0 Å². The Labute approximate surface area is 170 Å². The summed E-state index contributed by atoms with van der Waals surface area (Å²) in [5.74, 6) is 1.89.